The molecule has 0 fully saturated rings. The second kappa shape index (κ2) is 4.99. The lowest BCUT2D eigenvalue weighted by atomic mass is 10.4. The molecule has 0 aliphatic rings. The average molecular weight is 177 g/mol. The summed E-state index contributed by atoms with van der Waals surface area (Å²) in [7, 11) is 1.56. The van der Waals surface area contributed by atoms with E-state index < -0.39 is 0 Å². The third-order valence-electron chi connectivity index (χ3n) is 1.43. The van der Waals surface area contributed by atoms with E-state index in [4.69, 9.17) is 11.2 Å². The first-order valence-electron chi connectivity index (χ1n) is 3.90. The van der Waals surface area contributed by atoms with E-state index in [0.717, 1.165) is 5.82 Å². The molecule has 0 spiro atoms. The highest BCUT2D eigenvalue weighted by Crippen LogP contribution is 2.09. The van der Waals surface area contributed by atoms with Crippen LogP contribution in [0.4, 0.5) is 5.82 Å². The number of aromatic nitrogens is 2. The van der Waals surface area contributed by atoms with Crippen molar-refractivity contribution in [1.82, 2.24) is 9.97 Å². The van der Waals surface area contributed by atoms with Gasteiger partial charge in [0.05, 0.1) is 7.11 Å². The molecule has 1 aromatic heterocycles. The van der Waals surface area contributed by atoms with Crippen LogP contribution in [0.15, 0.2) is 12.4 Å². The van der Waals surface area contributed by atoms with Crippen LogP contribution < -0.4 is 10.1 Å². The maximum atomic E-state index is 5.10. The molecule has 68 valence electrons. The van der Waals surface area contributed by atoms with E-state index in [2.05, 4.69) is 21.2 Å². The fraction of sp³-hybridized carbons (Fsp3) is 0.333. The van der Waals surface area contributed by atoms with Crippen molar-refractivity contribution >= 4 is 5.82 Å². The third kappa shape index (κ3) is 2.99. The molecule has 4 nitrogen and oxygen atoms in total. The molecular formula is C9H11N3O. The average Bonchev–Trinajstić information content (AvgIpc) is 2.19. The number of rotatable bonds is 4. The monoisotopic (exact) mass is 177 g/mol. The first-order valence-corrected chi connectivity index (χ1v) is 3.90. The SMILES string of the molecule is C#CCCNc1cc(OC)ncn1. The zero-order chi connectivity index (χ0) is 9.52. The zero-order valence-electron chi connectivity index (χ0n) is 7.45. The van der Waals surface area contributed by atoms with Crippen LogP contribution in [0.2, 0.25) is 0 Å². The van der Waals surface area contributed by atoms with Crippen LogP contribution in [0.1, 0.15) is 6.42 Å². The zero-order valence-corrected chi connectivity index (χ0v) is 7.45. The van der Waals surface area contributed by atoms with Crippen molar-refractivity contribution in [2.24, 2.45) is 0 Å². The molecule has 0 saturated carbocycles. The van der Waals surface area contributed by atoms with E-state index >= 15 is 0 Å². The number of hydrogen-bond donors (Lipinski definition) is 1. The van der Waals surface area contributed by atoms with Gasteiger partial charge in [-0.1, -0.05) is 0 Å². The minimum Gasteiger partial charge on any atom is -0.481 e. The number of nitrogens with one attached hydrogen (secondary N) is 1. The predicted molar refractivity (Wildman–Crippen MR) is 50.5 cm³/mol. The summed E-state index contributed by atoms with van der Waals surface area (Å²) in [5.74, 6) is 3.79. The molecule has 0 unspecified atom stereocenters. The lowest BCUT2D eigenvalue weighted by Crippen LogP contribution is -2.02. The Labute approximate surface area is 77.4 Å². The van der Waals surface area contributed by atoms with Gasteiger partial charge in [0.2, 0.25) is 5.88 Å². The molecule has 1 rings (SSSR count). The Balaban J connectivity index is 2.52. The Hall–Kier alpha value is -1.76. The van der Waals surface area contributed by atoms with Gasteiger partial charge in [0, 0.05) is 19.0 Å². The van der Waals surface area contributed by atoms with E-state index in [9.17, 15) is 0 Å². The lowest BCUT2D eigenvalue weighted by Gasteiger charge is -2.03. The second-order valence-corrected chi connectivity index (χ2v) is 2.33. The van der Waals surface area contributed by atoms with Crippen molar-refractivity contribution in [3.63, 3.8) is 0 Å². The van der Waals surface area contributed by atoms with Gasteiger partial charge in [-0.2, -0.15) is 0 Å². The molecule has 0 aliphatic carbocycles. The van der Waals surface area contributed by atoms with E-state index in [0.29, 0.717) is 18.8 Å². The van der Waals surface area contributed by atoms with Crippen LogP contribution in [0.5, 0.6) is 5.88 Å². The lowest BCUT2D eigenvalue weighted by molar-refractivity contribution is 0.397. The fourth-order valence-electron chi connectivity index (χ4n) is 0.811. The van der Waals surface area contributed by atoms with E-state index in [-0.39, 0.29) is 0 Å². The maximum absolute atomic E-state index is 5.10. The van der Waals surface area contributed by atoms with Gasteiger partial charge < -0.3 is 10.1 Å². The summed E-state index contributed by atoms with van der Waals surface area (Å²) in [5.41, 5.74) is 0. The van der Waals surface area contributed by atoms with Gasteiger partial charge in [-0.15, -0.1) is 12.3 Å². The first-order chi connectivity index (χ1) is 6.36. The van der Waals surface area contributed by atoms with Crippen LogP contribution >= 0.6 is 0 Å². The van der Waals surface area contributed by atoms with Crippen LogP contribution in [0, 0.1) is 12.3 Å². The highest BCUT2D eigenvalue weighted by atomic mass is 16.5. The van der Waals surface area contributed by atoms with Crippen LogP contribution in [-0.4, -0.2) is 23.6 Å². The van der Waals surface area contributed by atoms with E-state index in [1.54, 1.807) is 13.2 Å². The molecule has 0 aliphatic heterocycles. The molecule has 1 aromatic rings. The summed E-state index contributed by atoms with van der Waals surface area (Å²) in [6, 6.07) is 1.72. The number of terminal acetylenes is 1. The maximum Gasteiger partial charge on any atom is 0.218 e. The first kappa shape index (κ1) is 9.33. The topological polar surface area (TPSA) is 47.0 Å². The summed E-state index contributed by atoms with van der Waals surface area (Å²) in [5, 5.41) is 3.05. The van der Waals surface area contributed by atoms with Crippen molar-refractivity contribution in [3.05, 3.63) is 12.4 Å². The Bertz CT molecular complexity index is 306. The summed E-state index contributed by atoms with van der Waals surface area (Å²) in [6.45, 7) is 0.705. The largest absolute Gasteiger partial charge is 0.481 e. The molecule has 1 heterocycles. The molecule has 4 heteroatoms. The van der Waals surface area contributed by atoms with Crippen LogP contribution in [-0.2, 0) is 0 Å². The summed E-state index contributed by atoms with van der Waals surface area (Å²) in [6.07, 6.45) is 7.22. The van der Waals surface area contributed by atoms with Gasteiger partial charge in [-0.25, -0.2) is 9.97 Å². The van der Waals surface area contributed by atoms with Gasteiger partial charge >= 0.3 is 0 Å². The van der Waals surface area contributed by atoms with Crippen LogP contribution in [0.25, 0.3) is 0 Å². The minimum atomic E-state index is 0.540. The quantitative estimate of drug-likeness (QED) is 0.548. The van der Waals surface area contributed by atoms with Crippen molar-refractivity contribution in [2.45, 2.75) is 6.42 Å². The Morgan fingerprint density at radius 2 is 2.46 bits per heavy atom. The van der Waals surface area contributed by atoms with Gasteiger partial charge in [0.25, 0.3) is 0 Å². The van der Waals surface area contributed by atoms with E-state index in [1.807, 2.05) is 0 Å². The second-order valence-electron chi connectivity index (χ2n) is 2.33. The van der Waals surface area contributed by atoms with Crippen molar-refractivity contribution in [1.29, 1.82) is 0 Å². The number of hydrogen-bond acceptors (Lipinski definition) is 4. The molecule has 0 aromatic carbocycles. The van der Waals surface area contributed by atoms with Gasteiger partial charge in [0.1, 0.15) is 12.1 Å². The highest BCUT2D eigenvalue weighted by Gasteiger charge is 1.95. The third-order valence-corrected chi connectivity index (χ3v) is 1.43. The number of methoxy groups -OCH3 is 1. The van der Waals surface area contributed by atoms with Crippen molar-refractivity contribution < 1.29 is 4.74 Å². The molecule has 0 atom stereocenters. The molecule has 0 amide bonds. The van der Waals surface area contributed by atoms with Crippen molar-refractivity contribution in [2.75, 3.05) is 19.0 Å². The molecule has 13 heavy (non-hydrogen) atoms. The normalized spacial score (nSPS) is 8.92. The Morgan fingerprint density at radius 3 is 3.15 bits per heavy atom. The number of anilines is 1. The van der Waals surface area contributed by atoms with Gasteiger partial charge in [-0.3, -0.25) is 0 Å². The fourth-order valence-corrected chi connectivity index (χ4v) is 0.811. The van der Waals surface area contributed by atoms with Crippen LogP contribution in [0.3, 0.4) is 0 Å². The van der Waals surface area contributed by atoms with Crippen molar-refractivity contribution in [3.8, 4) is 18.2 Å². The molecule has 0 saturated heterocycles. The molecule has 1 N–H and O–H groups in total. The smallest absolute Gasteiger partial charge is 0.218 e. The molecule has 0 bridgehead atoms. The Morgan fingerprint density at radius 1 is 1.62 bits per heavy atom. The number of ether oxygens (including phenoxy) is 1. The van der Waals surface area contributed by atoms with Gasteiger partial charge in [-0.05, 0) is 0 Å². The predicted octanol–water partition coefficient (Wildman–Crippen LogP) is 0.920. The molecule has 0 radical (unpaired) electrons. The summed E-state index contributed by atoms with van der Waals surface area (Å²) in [4.78, 5) is 7.86. The Kier molecular flexibility index (Phi) is 3.58. The summed E-state index contributed by atoms with van der Waals surface area (Å²) < 4.78 is 4.93. The highest BCUT2D eigenvalue weighted by molar-refractivity contribution is 5.36. The number of nitrogens with zero attached hydrogens (tertiary/aromatic N) is 2. The standard InChI is InChI=1S/C9H11N3O/c1-3-4-5-10-8-6-9(13-2)12-7-11-8/h1,6-7H,4-5H2,2H3,(H,10,11,12). The van der Waals surface area contributed by atoms with E-state index in [1.165, 1.54) is 6.33 Å². The summed E-state index contributed by atoms with van der Waals surface area (Å²) >= 11 is 0. The molecular weight excluding hydrogens is 166 g/mol. The van der Waals surface area contributed by atoms with Gasteiger partial charge in [0.15, 0.2) is 0 Å². The minimum absolute atomic E-state index is 0.540.